The summed E-state index contributed by atoms with van der Waals surface area (Å²) in [6, 6.07) is 8.32. The molecule has 0 saturated heterocycles. The number of amides is 1. The van der Waals surface area contributed by atoms with E-state index < -0.39 is 0 Å². The maximum absolute atomic E-state index is 11.3. The Morgan fingerprint density at radius 2 is 2.00 bits per heavy atom. The molecule has 1 aromatic rings. The van der Waals surface area contributed by atoms with E-state index in [-0.39, 0.29) is 5.91 Å². The van der Waals surface area contributed by atoms with Crippen molar-refractivity contribution in [3.8, 4) is 0 Å². The van der Waals surface area contributed by atoms with Crippen LogP contribution in [0.5, 0.6) is 0 Å². The summed E-state index contributed by atoms with van der Waals surface area (Å²) < 4.78 is 0. The zero-order valence-corrected chi connectivity index (χ0v) is 7.84. The Kier molecular flexibility index (Phi) is 1.51. The van der Waals surface area contributed by atoms with Crippen molar-refractivity contribution in [3.63, 3.8) is 0 Å². The van der Waals surface area contributed by atoms with Crippen molar-refractivity contribution in [2.24, 2.45) is 0 Å². The smallest absolute Gasteiger partial charge is 0.228 e. The van der Waals surface area contributed by atoms with Gasteiger partial charge in [0.25, 0.3) is 0 Å². The largest absolute Gasteiger partial charge is 0.325 e. The molecule has 1 amide bonds. The molecule has 1 aromatic carbocycles. The van der Waals surface area contributed by atoms with Gasteiger partial charge in [0.2, 0.25) is 5.91 Å². The monoisotopic (exact) mass is 185 g/mol. The topological polar surface area (TPSA) is 29.1 Å². The third-order valence-corrected chi connectivity index (χ3v) is 2.97. The SMILES string of the molecule is O=C1CC2=C(N1)c1ccccc1CC2. The Morgan fingerprint density at radius 1 is 1.14 bits per heavy atom. The van der Waals surface area contributed by atoms with Crippen LogP contribution in [0.3, 0.4) is 0 Å². The Morgan fingerprint density at radius 3 is 2.93 bits per heavy atom. The summed E-state index contributed by atoms with van der Waals surface area (Å²) >= 11 is 0. The van der Waals surface area contributed by atoms with Gasteiger partial charge in [0, 0.05) is 11.3 Å². The minimum absolute atomic E-state index is 0.145. The minimum Gasteiger partial charge on any atom is -0.325 e. The molecule has 14 heavy (non-hydrogen) atoms. The fraction of sp³-hybridized carbons (Fsp3) is 0.250. The second-order valence-electron chi connectivity index (χ2n) is 3.86. The molecule has 0 saturated carbocycles. The van der Waals surface area contributed by atoms with E-state index in [0.29, 0.717) is 6.42 Å². The van der Waals surface area contributed by atoms with Gasteiger partial charge in [0.1, 0.15) is 0 Å². The molecular weight excluding hydrogens is 174 g/mol. The van der Waals surface area contributed by atoms with Crippen LogP contribution in [0.1, 0.15) is 24.0 Å². The van der Waals surface area contributed by atoms with Gasteiger partial charge in [-0.3, -0.25) is 4.79 Å². The van der Waals surface area contributed by atoms with Crippen LogP contribution in [0.2, 0.25) is 0 Å². The number of carbonyl (C=O) groups excluding carboxylic acids is 1. The average molecular weight is 185 g/mol. The van der Waals surface area contributed by atoms with Crippen molar-refractivity contribution in [3.05, 3.63) is 41.0 Å². The first kappa shape index (κ1) is 7.80. The average Bonchev–Trinajstić information content (AvgIpc) is 2.59. The van der Waals surface area contributed by atoms with Crippen LogP contribution in [0.25, 0.3) is 5.70 Å². The molecule has 2 heteroatoms. The van der Waals surface area contributed by atoms with Crippen molar-refractivity contribution in [1.82, 2.24) is 5.32 Å². The lowest BCUT2D eigenvalue weighted by Gasteiger charge is -2.17. The molecule has 0 radical (unpaired) electrons. The number of carbonyl (C=O) groups is 1. The van der Waals surface area contributed by atoms with Crippen LogP contribution in [0.15, 0.2) is 29.8 Å². The standard InChI is InChI=1S/C12H11NO/c14-11-7-9-6-5-8-3-1-2-4-10(8)12(9)13-11/h1-4H,5-7H2,(H,13,14). The zero-order chi connectivity index (χ0) is 9.54. The summed E-state index contributed by atoms with van der Waals surface area (Å²) in [7, 11) is 0. The highest BCUT2D eigenvalue weighted by Gasteiger charge is 2.26. The summed E-state index contributed by atoms with van der Waals surface area (Å²) in [5.74, 6) is 0.145. The van der Waals surface area contributed by atoms with E-state index in [0.717, 1.165) is 18.5 Å². The van der Waals surface area contributed by atoms with Gasteiger partial charge >= 0.3 is 0 Å². The normalized spacial score (nSPS) is 19.0. The predicted molar refractivity (Wildman–Crippen MR) is 54.4 cm³/mol. The fourth-order valence-corrected chi connectivity index (χ4v) is 2.29. The van der Waals surface area contributed by atoms with Crippen molar-refractivity contribution in [2.45, 2.75) is 19.3 Å². The molecule has 1 aliphatic carbocycles. The molecule has 1 heterocycles. The second kappa shape index (κ2) is 2.71. The molecule has 1 N–H and O–H groups in total. The van der Waals surface area contributed by atoms with E-state index in [2.05, 4.69) is 23.5 Å². The number of benzene rings is 1. The highest BCUT2D eigenvalue weighted by molar-refractivity contribution is 5.96. The summed E-state index contributed by atoms with van der Waals surface area (Å²) in [6.45, 7) is 0. The first-order chi connectivity index (χ1) is 6.84. The molecule has 3 rings (SSSR count). The quantitative estimate of drug-likeness (QED) is 0.656. The van der Waals surface area contributed by atoms with Gasteiger partial charge < -0.3 is 5.32 Å². The maximum Gasteiger partial charge on any atom is 0.228 e. The highest BCUT2D eigenvalue weighted by Crippen LogP contribution is 2.34. The molecule has 70 valence electrons. The van der Waals surface area contributed by atoms with Crippen molar-refractivity contribution < 1.29 is 4.79 Å². The Labute approximate surface area is 82.6 Å². The van der Waals surface area contributed by atoms with Gasteiger partial charge in [-0.15, -0.1) is 0 Å². The Hall–Kier alpha value is -1.57. The highest BCUT2D eigenvalue weighted by atomic mass is 16.1. The lowest BCUT2D eigenvalue weighted by Crippen LogP contribution is -2.15. The zero-order valence-electron chi connectivity index (χ0n) is 7.84. The molecule has 2 aliphatic rings. The summed E-state index contributed by atoms with van der Waals surface area (Å²) in [6.07, 6.45) is 2.71. The molecule has 0 bridgehead atoms. The van der Waals surface area contributed by atoms with Gasteiger partial charge in [-0.05, 0) is 24.0 Å². The third-order valence-electron chi connectivity index (χ3n) is 2.97. The molecule has 2 nitrogen and oxygen atoms in total. The third kappa shape index (κ3) is 1.00. The molecule has 0 fully saturated rings. The van der Waals surface area contributed by atoms with E-state index in [1.165, 1.54) is 16.7 Å². The number of hydrogen-bond donors (Lipinski definition) is 1. The van der Waals surface area contributed by atoms with Crippen LogP contribution in [-0.4, -0.2) is 5.91 Å². The number of hydrogen-bond acceptors (Lipinski definition) is 1. The van der Waals surface area contributed by atoms with E-state index >= 15 is 0 Å². The summed E-state index contributed by atoms with van der Waals surface area (Å²) in [5, 5.41) is 2.95. The van der Waals surface area contributed by atoms with Gasteiger partial charge in [0.05, 0.1) is 6.42 Å². The van der Waals surface area contributed by atoms with Crippen molar-refractivity contribution >= 4 is 11.6 Å². The van der Waals surface area contributed by atoms with Gasteiger partial charge in [0.15, 0.2) is 0 Å². The summed E-state index contributed by atoms with van der Waals surface area (Å²) in [5.41, 5.74) is 4.94. The molecular formula is C12H11NO. The molecule has 0 atom stereocenters. The molecule has 0 aromatic heterocycles. The number of rotatable bonds is 0. The number of aryl methyl sites for hydroxylation is 1. The fourth-order valence-electron chi connectivity index (χ4n) is 2.29. The number of fused-ring (bicyclic) bond motifs is 2. The van der Waals surface area contributed by atoms with Crippen LogP contribution in [0.4, 0.5) is 0 Å². The number of nitrogens with one attached hydrogen (secondary N) is 1. The Balaban J connectivity index is 2.15. The van der Waals surface area contributed by atoms with Crippen LogP contribution in [0, 0.1) is 0 Å². The van der Waals surface area contributed by atoms with E-state index in [4.69, 9.17) is 0 Å². The van der Waals surface area contributed by atoms with Gasteiger partial charge in [-0.25, -0.2) is 0 Å². The minimum atomic E-state index is 0.145. The Bertz CT molecular complexity index is 445. The molecule has 0 spiro atoms. The van der Waals surface area contributed by atoms with Crippen LogP contribution in [-0.2, 0) is 11.2 Å². The lowest BCUT2D eigenvalue weighted by atomic mass is 9.90. The van der Waals surface area contributed by atoms with Crippen LogP contribution >= 0.6 is 0 Å². The van der Waals surface area contributed by atoms with Crippen LogP contribution < -0.4 is 5.32 Å². The molecule has 1 aliphatic heterocycles. The summed E-state index contributed by atoms with van der Waals surface area (Å²) in [4.78, 5) is 11.3. The molecule has 0 unspecified atom stereocenters. The van der Waals surface area contributed by atoms with Gasteiger partial charge in [-0.2, -0.15) is 0 Å². The van der Waals surface area contributed by atoms with E-state index in [9.17, 15) is 4.79 Å². The first-order valence-corrected chi connectivity index (χ1v) is 4.95. The maximum atomic E-state index is 11.3. The second-order valence-corrected chi connectivity index (χ2v) is 3.86. The first-order valence-electron chi connectivity index (χ1n) is 4.95. The van der Waals surface area contributed by atoms with Gasteiger partial charge in [-0.1, -0.05) is 24.3 Å². The van der Waals surface area contributed by atoms with E-state index in [1.807, 2.05) is 6.07 Å². The van der Waals surface area contributed by atoms with E-state index in [1.54, 1.807) is 0 Å². The lowest BCUT2D eigenvalue weighted by molar-refractivity contribution is -0.118. The van der Waals surface area contributed by atoms with Crippen molar-refractivity contribution in [2.75, 3.05) is 0 Å². The van der Waals surface area contributed by atoms with Crippen molar-refractivity contribution in [1.29, 1.82) is 0 Å². The predicted octanol–water partition coefficient (Wildman–Crippen LogP) is 1.86.